The molecule has 0 fully saturated rings. The monoisotopic (exact) mass is 504 g/mol. The minimum atomic E-state index is -0.602. The van der Waals surface area contributed by atoms with Gasteiger partial charge in [0.25, 0.3) is 5.91 Å². The first-order chi connectivity index (χ1) is 13.0. The number of nitrogens with one attached hydrogen (secondary N) is 2. The van der Waals surface area contributed by atoms with Gasteiger partial charge >= 0.3 is 0 Å². The van der Waals surface area contributed by atoms with Crippen molar-refractivity contribution < 1.29 is 19.1 Å². The number of hydrogen-bond donors (Lipinski definition) is 3. The van der Waals surface area contributed by atoms with Gasteiger partial charge in [0.15, 0.2) is 0 Å². The normalized spacial score (nSPS) is 11.0. The van der Waals surface area contributed by atoms with E-state index in [9.17, 15) is 9.18 Å². The Morgan fingerprint density at radius 2 is 2.22 bits per heavy atom. The summed E-state index contributed by atoms with van der Waals surface area (Å²) in [6.45, 7) is 0.0839. The van der Waals surface area contributed by atoms with Gasteiger partial charge in [0.05, 0.1) is 22.8 Å². The Bertz CT molecular complexity index is 982. The summed E-state index contributed by atoms with van der Waals surface area (Å²) < 4.78 is 16.6. The van der Waals surface area contributed by atoms with E-state index < -0.39 is 11.7 Å². The Kier molecular flexibility index (Phi) is 6.47. The minimum absolute atomic E-state index is 0.0582. The van der Waals surface area contributed by atoms with Crippen LogP contribution in [-0.2, 0) is 4.84 Å². The minimum Gasteiger partial charge on any atom is -0.396 e. The first kappa shape index (κ1) is 19.8. The van der Waals surface area contributed by atoms with Crippen LogP contribution in [0.2, 0.25) is 5.02 Å². The van der Waals surface area contributed by atoms with Gasteiger partial charge in [0, 0.05) is 16.4 Å². The van der Waals surface area contributed by atoms with Gasteiger partial charge in [-0.25, -0.2) is 14.9 Å². The lowest BCUT2D eigenvalue weighted by molar-refractivity contribution is 0.0263. The molecule has 0 saturated heterocycles. The standard InChI is InChI=1S/C17H15ClFIN4O3/c18-15-13-4-5-21-9-24(13)16(14(15)17(26)23-27-7-1-6-25)22-12-3-2-10(20)8-11(12)19/h2-5,8-9,22,25H,1,6-7H2,(H,23,26). The van der Waals surface area contributed by atoms with Crippen LogP contribution in [0, 0.1) is 9.39 Å². The highest BCUT2D eigenvalue weighted by Crippen LogP contribution is 2.34. The first-order valence-corrected chi connectivity index (χ1v) is 9.37. The first-order valence-electron chi connectivity index (χ1n) is 7.91. The van der Waals surface area contributed by atoms with Crippen molar-refractivity contribution in [1.82, 2.24) is 14.9 Å². The van der Waals surface area contributed by atoms with E-state index >= 15 is 0 Å². The number of amides is 1. The molecule has 3 N–H and O–H groups in total. The molecule has 142 valence electrons. The SMILES string of the molecule is O=C(NOCCCO)c1c(Cl)c2ccncn2c1Nc1ccc(I)cc1F. The predicted octanol–water partition coefficient (Wildman–Crippen LogP) is 3.52. The molecule has 0 aliphatic carbocycles. The van der Waals surface area contributed by atoms with Gasteiger partial charge in [-0.1, -0.05) is 11.6 Å². The number of fused-ring (bicyclic) bond motifs is 1. The molecule has 3 aromatic rings. The molecule has 0 spiro atoms. The van der Waals surface area contributed by atoms with Crippen LogP contribution in [0.15, 0.2) is 36.8 Å². The van der Waals surface area contributed by atoms with Crippen molar-refractivity contribution in [2.45, 2.75) is 6.42 Å². The third-order valence-electron chi connectivity index (χ3n) is 3.66. The van der Waals surface area contributed by atoms with Crippen molar-refractivity contribution >= 4 is 57.1 Å². The summed E-state index contributed by atoms with van der Waals surface area (Å²) >= 11 is 8.40. The highest BCUT2D eigenvalue weighted by atomic mass is 127. The molecule has 0 atom stereocenters. The fourth-order valence-corrected chi connectivity index (χ4v) is 3.21. The van der Waals surface area contributed by atoms with Crippen LogP contribution in [0.1, 0.15) is 16.8 Å². The summed E-state index contributed by atoms with van der Waals surface area (Å²) in [5.41, 5.74) is 3.09. The topological polar surface area (TPSA) is 87.9 Å². The van der Waals surface area contributed by atoms with Crippen molar-refractivity contribution in [1.29, 1.82) is 0 Å². The van der Waals surface area contributed by atoms with E-state index in [1.165, 1.54) is 18.6 Å². The van der Waals surface area contributed by atoms with Gasteiger partial charge in [-0.3, -0.25) is 14.0 Å². The highest BCUT2D eigenvalue weighted by molar-refractivity contribution is 14.1. The number of benzene rings is 1. The maximum atomic E-state index is 14.3. The maximum Gasteiger partial charge on any atom is 0.280 e. The van der Waals surface area contributed by atoms with Gasteiger partial charge < -0.3 is 10.4 Å². The van der Waals surface area contributed by atoms with Gasteiger partial charge in [0.1, 0.15) is 23.5 Å². The van der Waals surface area contributed by atoms with Crippen molar-refractivity contribution in [3.8, 4) is 0 Å². The summed E-state index contributed by atoms with van der Waals surface area (Å²) in [6, 6.07) is 6.32. The molecule has 27 heavy (non-hydrogen) atoms. The maximum absolute atomic E-state index is 14.3. The lowest BCUT2D eigenvalue weighted by Gasteiger charge is -2.11. The van der Waals surface area contributed by atoms with Gasteiger partial charge in [-0.05, 0) is 53.3 Å². The zero-order valence-corrected chi connectivity index (χ0v) is 16.8. The molecular weight excluding hydrogens is 490 g/mol. The van der Waals surface area contributed by atoms with Crippen LogP contribution in [0.5, 0.6) is 0 Å². The number of carbonyl (C=O) groups excluding carboxylic acids is 1. The molecule has 2 aromatic heterocycles. The Labute approximate surface area is 172 Å². The fraction of sp³-hybridized carbons (Fsp3) is 0.176. The molecule has 7 nitrogen and oxygen atoms in total. The quantitative estimate of drug-likeness (QED) is 0.260. The molecule has 2 heterocycles. The lowest BCUT2D eigenvalue weighted by atomic mass is 10.2. The highest BCUT2D eigenvalue weighted by Gasteiger charge is 2.24. The third-order valence-corrected chi connectivity index (χ3v) is 4.72. The van der Waals surface area contributed by atoms with Crippen LogP contribution in [0.3, 0.4) is 0 Å². The summed E-state index contributed by atoms with van der Waals surface area (Å²) in [7, 11) is 0. The zero-order valence-electron chi connectivity index (χ0n) is 13.9. The fourth-order valence-electron chi connectivity index (χ4n) is 2.42. The average Bonchev–Trinajstić information content (AvgIpc) is 2.93. The van der Waals surface area contributed by atoms with Crippen LogP contribution in [0.4, 0.5) is 15.9 Å². The molecule has 3 rings (SSSR count). The molecule has 0 unspecified atom stereocenters. The second kappa shape index (κ2) is 8.83. The van der Waals surface area contributed by atoms with E-state index in [1.54, 1.807) is 22.6 Å². The molecule has 1 aromatic carbocycles. The summed E-state index contributed by atoms with van der Waals surface area (Å²) in [5, 5.41) is 11.9. The van der Waals surface area contributed by atoms with E-state index in [-0.39, 0.29) is 35.3 Å². The number of nitrogens with zero attached hydrogens (tertiary/aromatic N) is 2. The molecule has 0 aliphatic rings. The molecule has 0 saturated carbocycles. The largest absolute Gasteiger partial charge is 0.396 e. The molecule has 0 bridgehead atoms. The number of aliphatic hydroxyl groups excluding tert-OH is 1. The summed E-state index contributed by atoms with van der Waals surface area (Å²) in [6.07, 6.45) is 3.38. The van der Waals surface area contributed by atoms with E-state index in [2.05, 4.69) is 15.8 Å². The number of hydroxylamine groups is 1. The number of carbonyl (C=O) groups is 1. The number of hydrogen-bond acceptors (Lipinski definition) is 5. The van der Waals surface area contributed by atoms with Crippen molar-refractivity contribution in [3.63, 3.8) is 0 Å². The van der Waals surface area contributed by atoms with E-state index in [1.807, 2.05) is 22.6 Å². The lowest BCUT2D eigenvalue weighted by Crippen LogP contribution is -2.25. The van der Waals surface area contributed by atoms with Crippen LogP contribution in [-0.4, -0.2) is 33.6 Å². The van der Waals surface area contributed by atoms with Crippen LogP contribution in [0.25, 0.3) is 5.52 Å². The number of anilines is 2. The zero-order chi connectivity index (χ0) is 19.4. The van der Waals surface area contributed by atoms with E-state index in [0.29, 0.717) is 11.9 Å². The van der Waals surface area contributed by atoms with Gasteiger partial charge in [-0.15, -0.1) is 0 Å². The molecule has 0 aliphatic heterocycles. The smallest absolute Gasteiger partial charge is 0.280 e. The Morgan fingerprint density at radius 3 is 2.96 bits per heavy atom. The Balaban J connectivity index is 2.00. The van der Waals surface area contributed by atoms with Gasteiger partial charge in [-0.2, -0.15) is 0 Å². The molecule has 1 amide bonds. The molecule has 10 heteroatoms. The van der Waals surface area contributed by atoms with Crippen molar-refractivity contribution in [2.24, 2.45) is 0 Å². The second-order valence-corrected chi connectivity index (χ2v) is 7.10. The Morgan fingerprint density at radius 1 is 1.41 bits per heavy atom. The van der Waals surface area contributed by atoms with Crippen LogP contribution < -0.4 is 10.8 Å². The van der Waals surface area contributed by atoms with Crippen molar-refractivity contribution in [3.05, 3.63) is 56.8 Å². The number of halogens is 3. The average molecular weight is 505 g/mol. The summed E-state index contributed by atoms with van der Waals surface area (Å²) in [5.74, 6) is -0.816. The number of aliphatic hydroxyl groups is 1. The summed E-state index contributed by atoms with van der Waals surface area (Å²) in [4.78, 5) is 21.7. The van der Waals surface area contributed by atoms with E-state index in [4.69, 9.17) is 21.5 Å². The van der Waals surface area contributed by atoms with Gasteiger partial charge in [0.2, 0.25) is 0 Å². The molecular formula is C17H15ClFIN4O3. The second-order valence-electron chi connectivity index (χ2n) is 5.48. The third kappa shape index (κ3) is 4.32. The van der Waals surface area contributed by atoms with E-state index in [0.717, 1.165) is 3.57 Å². The van der Waals surface area contributed by atoms with Crippen molar-refractivity contribution in [2.75, 3.05) is 18.5 Å². The molecule has 0 radical (unpaired) electrons. The Hall–Kier alpha value is -1.95. The number of rotatable bonds is 7. The van der Waals surface area contributed by atoms with Crippen LogP contribution >= 0.6 is 34.2 Å². The predicted molar refractivity (Wildman–Crippen MR) is 108 cm³/mol. The number of aromatic nitrogens is 2.